The molecule has 2 N–H and O–H groups in total. The van der Waals surface area contributed by atoms with E-state index in [1.54, 1.807) is 11.3 Å². The molecule has 0 aliphatic carbocycles. The summed E-state index contributed by atoms with van der Waals surface area (Å²) in [4.78, 5) is 16.5. The molecule has 96 valence electrons. The van der Waals surface area contributed by atoms with Gasteiger partial charge >= 0.3 is 5.97 Å². The maximum atomic E-state index is 11.0. The molecule has 17 heavy (non-hydrogen) atoms. The molecule has 1 aromatic heterocycles. The van der Waals surface area contributed by atoms with Crippen LogP contribution in [0.2, 0.25) is 0 Å². The van der Waals surface area contributed by atoms with Crippen molar-refractivity contribution in [3.63, 3.8) is 0 Å². The van der Waals surface area contributed by atoms with E-state index in [1.165, 1.54) is 0 Å². The average Bonchev–Trinajstić information content (AvgIpc) is 2.57. The zero-order valence-electron chi connectivity index (χ0n) is 10.6. The Kier molecular flexibility index (Phi) is 5.58. The fraction of sp³-hybridized carbons (Fsp3) is 0.667. The topological polar surface area (TPSA) is 62.2 Å². The minimum Gasteiger partial charge on any atom is -0.480 e. The lowest BCUT2D eigenvalue weighted by atomic mass is 10.1. The van der Waals surface area contributed by atoms with Crippen molar-refractivity contribution in [2.24, 2.45) is 0 Å². The van der Waals surface area contributed by atoms with E-state index < -0.39 is 12.0 Å². The molecule has 1 unspecified atom stereocenters. The Morgan fingerprint density at radius 2 is 2.24 bits per heavy atom. The first-order valence-corrected chi connectivity index (χ1v) is 6.75. The van der Waals surface area contributed by atoms with E-state index in [0.717, 1.165) is 28.4 Å². The van der Waals surface area contributed by atoms with Crippen molar-refractivity contribution in [3.05, 3.63) is 15.6 Å². The van der Waals surface area contributed by atoms with Crippen molar-refractivity contribution >= 4 is 17.3 Å². The quantitative estimate of drug-likeness (QED) is 0.787. The van der Waals surface area contributed by atoms with E-state index in [0.29, 0.717) is 13.0 Å². The standard InChI is InChI=1S/C12H20N2O2S/c1-4-5-6-10(12(15)16)13-7-11-8(2)14-9(3)17-11/h10,13H,4-7H2,1-3H3,(H,15,16). The predicted molar refractivity (Wildman–Crippen MR) is 69.4 cm³/mol. The summed E-state index contributed by atoms with van der Waals surface area (Å²) < 4.78 is 0. The lowest BCUT2D eigenvalue weighted by molar-refractivity contribution is -0.139. The van der Waals surface area contributed by atoms with Crippen LogP contribution in [0.3, 0.4) is 0 Å². The van der Waals surface area contributed by atoms with Gasteiger partial charge in [-0.25, -0.2) is 4.98 Å². The molecule has 4 nitrogen and oxygen atoms in total. The SMILES string of the molecule is CCCCC(NCc1sc(C)nc1C)C(=O)O. The second kappa shape index (κ2) is 6.71. The molecule has 0 aromatic carbocycles. The smallest absolute Gasteiger partial charge is 0.320 e. The molecular weight excluding hydrogens is 236 g/mol. The summed E-state index contributed by atoms with van der Waals surface area (Å²) in [6.45, 7) is 6.59. The van der Waals surface area contributed by atoms with Gasteiger partial charge in [-0.05, 0) is 20.3 Å². The second-order valence-electron chi connectivity index (χ2n) is 4.16. The van der Waals surface area contributed by atoms with E-state index in [-0.39, 0.29) is 0 Å². The number of carboxylic acid groups (broad SMARTS) is 1. The molecule has 0 amide bonds. The van der Waals surface area contributed by atoms with Gasteiger partial charge in [0.15, 0.2) is 0 Å². The lowest BCUT2D eigenvalue weighted by Gasteiger charge is -2.13. The number of thiazole rings is 1. The highest BCUT2D eigenvalue weighted by Gasteiger charge is 2.16. The van der Waals surface area contributed by atoms with E-state index in [4.69, 9.17) is 5.11 Å². The van der Waals surface area contributed by atoms with Crippen LogP contribution in [0.1, 0.15) is 41.8 Å². The number of aromatic nitrogens is 1. The van der Waals surface area contributed by atoms with Crippen molar-refractivity contribution in [2.75, 3.05) is 0 Å². The average molecular weight is 256 g/mol. The van der Waals surface area contributed by atoms with Crippen molar-refractivity contribution in [1.82, 2.24) is 10.3 Å². The van der Waals surface area contributed by atoms with Crippen LogP contribution in [0.15, 0.2) is 0 Å². The zero-order chi connectivity index (χ0) is 12.8. The third-order valence-electron chi connectivity index (χ3n) is 2.65. The maximum absolute atomic E-state index is 11.0. The number of hydrogen-bond acceptors (Lipinski definition) is 4. The van der Waals surface area contributed by atoms with Crippen LogP contribution in [0.25, 0.3) is 0 Å². The van der Waals surface area contributed by atoms with Crippen LogP contribution < -0.4 is 5.32 Å². The summed E-state index contributed by atoms with van der Waals surface area (Å²) in [6, 6.07) is -0.447. The minimum atomic E-state index is -0.766. The number of rotatable bonds is 7. The third kappa shape index (κ3) is 4.44. The molecule has 0 saturated carbocycles. The molecule has 0 aliphatic heterocycles. The van der Waals surface area contributed by atoms with Crippen LogP contribution >= 0.6 is 11.3 Å². The van der Waals surface area contributed by atoms with Gasteiger partial charge in [-0.1, -0.05) is 19.8 Å². The molecule has 1 atom stereocenters. The molecule has 1 aromatic rings. The van der Waals surface area contributed by atoms with Gasteiger partial charge in [0.1, 0.15) is 6.04 Å². The summed E-state index contributed by atoms with van der Waals surface area (Å²) in [7, 11) is 0. The summed E-state index contributed by atoms with van der Waals surface area (Å²) in [6.07, 6.45) is 2.64. The molecule has 0 fully saturated rings. The summed E-state index contributed by atoms with van der Waals surface area (Å²) >= 11 is 1.63. The largest absolute Gasteiger partial charge is 0.480 e. The van der Waals surface area contributed by atoms with Gasteiger partial charge in [0.25, 0.3) is 0 Å². The van der Waals surface area contributed by atoms with Crippen molar-refractivity contribution in [3.8, 4) is 0 Å². The number of carboxylic acids is 1. The molecule has 0 bridgehead atoms. The lowest BCUT2D eigenvalue weighted by Crippen LogP contribution is -2.36. The number of unbranched alkanes of at least 4 members (excludes halogenated alkanes) is 1. The Morgan fingerprint density at radius 1 is 1.53 bits per heavy atom. The number of aliphatic carboxylic acids is 1. The number of nitrogens with one attached hydrogen (secondary N) is 1. The highest BCUT2D eigenvalue weighted by molar-refractivity contribution is 7.11. The van der Waals surface area contributed by atoms with E-state index in [1.807, 2.05) is 13.8 Å². The first-order chi connectivity index (χ1) is 8.04. The predicted octanol–water partition coefficient (Wildman–Crippen LogP) is 2.49. The summed E-state index contributed by atoms with van der Waals surface area (Å²) in [5.74, 6) is -0.766. The monoisotopic (exact) mass is 256 g/mol. The number of hydrogen-bond donors (Lipinski definition) is 2. The van der Waals surface area contributed by atoms with E-state index in [2.05, 4.69) is 17.2 Å². The van der Waals surface area contributed by atoms with Crippen molar-refractivity contribution in [1.29, 1.82) is 0 Å². The van der Waals surface area contributed by atoms with Gasteiger partial charge in [0.05, 0.1) is 10.7 Å². The summed E-state index contributed by atoms with van der Waals surface area (Å²) in [5, 5.41) is 13.2. The molecule has 5 heteroatoms. The maximum Gasteiger partial charge on any atom is 0.320 e. The van der Waals surface area contributed by atoms with Crippen LogP contribution in [-0.4, -0.2) is 22.1 Å². The van der Waals surface area contributed by atoms with E-state index in [9.17, 15) is 4.79 Å². The Balaban J connectivity index is 2.51. The van der Waals surface area contributed by atoms with Crippen molar-refractivity contribution < 1.29 is 9.90 Å². The van der Waals surface area contributed by atoms with Gasteiger partial charge in [-0.15, -0.1) is 11.3 Å². The molecule has 0 spiro atoms. The van der Waals surface area contributed by atoms with Gasteiger partial charge < -0.3 is 5.11 Å². The highest BCUT2D eigenvalue weighted by Crippen LogP contribution is 2.17. The van der Waals surface area contributed by atoms with Crippen LogP contribution in [-0.2, 0) is 11.3 Å². The molecule has 0 saturated heterocycles. The minimum absolute atomic E-state index is 0.447. The first kappa shape index (κ1) is 14.1. The first-order valence-electron chi connectivity index (χ1n) is 5.93. The fourth-order valence-corrected chi connectivity index (χ4v) is 2.56. The van der Waals surface area contributed by atoms with Gasteiger partial charge in [-0.2, -0.15) is 0 Å². The number of aryl methyl sites for hydroxylation is 2. The molecule has 1 heterocycles. The van der Waals surface area contributed by atoms with Crippen LogP contribution in [0.5, 0.6) is 0 Å². The number of nitrogens with zero attached hydrogens (tertiary/aromatic N) is 1. The van der Waals surface area contributed by atoms with Gasteiger partial charge in [0, 0.05) is 11.4 Å². The fourth-order valence-electron chi connectivity index (χ4n) is 1.67. The Labute approximate surface area is 106 Å². The van der Waals surface area contributed by atoms with Crippen molar-refractivity contribution in [2.45, 2.75) is 52.6 Å². The third-order valence-corrected chi connectivity index (χ3v) is 3.73. The van der Waals surface area contributed by atoms with Crippen LogP contribution in [0.4, 0.5) is 0 Å². The Hall–Kier alpha value is -0.940. The Bertz CT molecular complexity index is 377. The van der Waals surface area contributed by atoms with Gasteiger partial charge in [0.2, 0.25) is 0 Å². The molecule has 0 aliphatic rings. The van der Waals surface area contributed by atoms with E-state index >= 15 is 0 Å². The zero-order valence-corrected chi connectivity index (χ0v) is 11.4. The molecule has 1 rings (SSSR count). The summed E-state index contributed by atoms with van der Waals surface area (Å²) in [5.41, 5.74) is 1.000. The number of carbonyl (C=O) groups is 1. The van der Waals surface area contributed by atoms with Gasteiger partial charge in [-0.3, -0.25) is 10.1 Å². The second-order valence-corrected chi connectivity index (χ2v) is 5.44. The highest BCUT2D eigenvalue weighted by atomic mass is 32.1. The van der Waals surface area contributed by atoms with Crippen LogP contribution in [0, 0.1) is 13.8 Å². The Morgan fingerprint density at radius 3 is 2.71 bits per heavy atom. The molecular formula is C12H20N2O2S. The molecule has 0 radical (unpaired) electrons. The normalized spacial score (nSPS) is 12.6.